The fourth-order valence-corrected chi connectivity index (χ4v) is 6.46. The summed E-state index contributed by atoms with van der Waals surface area (Å²) in [5.41, 5.74) is 0.378. The number of ether oxygens (including phenoxy) is 1. The monoisotopic (exact) mass is 494 g/mol. The van der Waals surface area contributed by atoms with Gasteiger partial charge in [0.15, 0.2) is 0 Å². The zero-order chi connectivity index (χ0) is 24.7. The van der Waals surface area contributed by atoms with Gasteiger partial charge in [0.1, 0.15) is 0 Å². The minimum absolute atomic E-state index is 0.0323. The van der Waals surface area contributed by atoms with Crippen molar-refractivity contribution in [1.82, 2.24) is 19.4 Å². The molecule has 0 bridgehead atoms. The number of carbonyl (C=O) groups is 2. The van der Waals surface area contributed by atoms with Crippen LogP contribution in [0.4, 0.5) is 0 Å². The van der Waals surface area contributed by atoms with Gasteiger partial charge in [-0.2, -0.15) is 4.31 Å². The lowest BCUT2D eigenvalue weighted by Gasteiger charge is -2.35. The Balaban J connectivity index is 1.56. The number of sulfonamides is 1. The average Bonchev–Trinajstić information content (AvgIpc) is 2.81. The second-order valence-electron chi connectivity index (χ2n) is 9.56. The van der Waals surface area contributed by atoms with Gasteiger partial charge in [-0.25, -0.2) is 8.42 Å². The highest BCUT2D eigenvalue weighted by Gasteiger charge is 2.32. The molecule has 2 saturated heterocycles. The molecule has 34 heavy (non-hydrogen) atoms. The summed E-state index contributed by atoms with van der Waals surface area (Å²) in [5.74, 6) is 0.412. The van der Waals surface area contributed by atoms with Crippen LogP contribution >= 0.6 is 0 Å². The van der Waals surface area contributed by atoms with Crippen molar-refractivity contribution in [3.63, 3.8) is 0 Å². The van der Waals surface area contributed by atoms with Crippen molar-refractivity contribution in [3.8, 4) is 0 Å². The van der Waals surface area contributed by atoms with Gasteiger partial charge in [-0.3, -0.25) is 14.5 Å². The second kappa shape index (κ2) is 12.1. The summed E-state index contributed by atoms with van der Waals surface area (Å²) in [5, 5.41) is 2.88. The first-order valence-electron chi connectivity index (χ1n) is 12.1. The fourth-order valence-electron chi connectivity index (χ4n) is 4.74. The Hall–Kier alpha value is -2.01. The lowest BCUT2D eigenvalue weighted by molar-refractivity contribution is -0.122. The molecule has 9 nitrogen and oxygen atoms in total. The zero-order valence-electron chi connectivity index (χ0n) is 20.5. The summed E-state index contributed by atoms with van der Waals surface area (Å²) in [6, 6.07) is 6.38. The molecule has 2 atom stereocenters. The van der Waals surface area contributed by atoms with Gasteiger partial charge in [-0.1, -0.05) is 19.9 Å². The van der Waals surface area contributed by atoms with E-state index in [1.54, 1.807) is 34.5 Å². The molecule has 2 heterocycles. The van der Waals surface area contributed by atoms with Crippen molar-refractivity contribution in [3.05, 3.63) is 29.8 Å². The number of methoxy groups -OCH3 is 1. The average molecular weight is 495 g/mol. The normalized spacial score (nSPS) is 22.5. The van der Waals surface area contributed by atoms with Crippen LogP contribution in [0.1, 0.15) is 37.0 Å². The van der Waals surface area contributed by atoms with E-state index in [1.807, 2.05) is 4.90 Å². The Kier molecular flexibility index (Phi) is 9.47. The molecule has 1 aromatic carbocycles. The van der Waals surface area contributed by atoms with Gasteiger partial charge in [-0.15, -0.1) is 0 Å². The van der Waals surface area contributed by atoms with E-state index in [2.05, 4.69) is 19.2 Å². The summed E-state index contributed by atoms with van der Waals surface area (Å²) in [7, 11) is -2.01. The SMILES string of the molecule is COCCCNC(=O)CN1CCN(C(=O)c2cccc(S(=O)(=O)N3CC(C)CC(C)C3)c2)CC1. The molecule has 0 spiro atoms. The zero-order valence-corrected chi connectivity index (χ0v) is 21.3. The molecule has 2 unspecified atom stereocenters. The van der Waals surface area contributed by atoms with Crippen molar-refractivity contribution in [1.29, 1.82) is 0 Å². The summed E-state index contributed by atoms with van der Waals surface area (Å²) >= 11 is 0. The van der Waals surface area contributed by atoms with Crippen LogP contribution < -0.4 is 5.32 Å². The maximum absolute atomic E-state index is 13.2. The molecule has 2 aliphatic heterocycles. The largest absolute Gasteiger partial charge is 0.385 e. The number of piperazine rings is 1. The Bertz CT molecular complexity index is 936. The van der Waals surface area contributed by atoms with Crippen molar-refractivity contribution < 1.29 is 22.7 Å². The number of carbonyl (C=O) groups excluding carboxylic acids is 2. The first kappa shape index (κ1) is 26.6. The molecule has 0 saturated carbocycles. The molecule has 1 aromatic rings. The number of rotatable bonds is 9. The van der Waals surface area contributed by atoms with Gasteiger partial charge >= 0.3 is 0 Å². The highest BCUT2D eigenvalue weighted by Crippen LogP contribution is 2.27. The number of piperidine rings is 1. The van der Waals surface area contributed by atoms with E-state index in [9.17, 15) is 18.0 Å². The van der Waals surface area contributed by atoms with E-state index in [-0.39, 0.29) is 16.7 Å². The Morgan fingerprint density at radius 2 is 1.76 bits per heavy atom. The summed E-state index contributed by atoms with van der Waals surface area (Å²) < 4.78 is 33.0. The minimum atomic E-state index is -3.65. The van der Waals surface area contributed by atoms with Crippen LogP contribution in [0, 0.1) is 11.8 Å². The number of nitrogens with one attached hydrogen (secondary N) is 1. The number of amides is 2. The molecule has 0 aromatic heterocycles. The first-order chi connectivity index (χ1) is 16.2. The van der Waals surface area contributed by atoms with Crippen LogP contribution in [0.5, 0.6) is 0 Å². The third kappa shape index (κ3) is 7.00. The van der Waals surface area contributed by atoms with E-state index < -0.39 is 10.0 Å². The van der Waals surface area contributed by atoms with Crippen molar-refractivity contribution in [2.24, 2.45) is 11.8 Å². The number of benzene rings is 1. The fraction of sp³-hybridized carbons (Fsp3) is 0.667. The lowest BCUT2D eigenvalue weighted by Crippen LogP contribution is -2.51. The van der Waals surface area contributed by atoms with Crippen molar-refractivity contribution >= 4 is 21.8 Å². The molecule has 3 rings (SSSR count). The molecule has 0 radical (unpaired) electrons. The number of hydrogen-bond acceptors (Lipinski definition) is 6. The van der Waals surface area contributed by atoms with E-state index in [1.165, 1.54) is 6.07 Å². The van der Waals surface area contributed by atoms with Crippen LogP contribution in [0.2, 0.25) is 0 Å². The first-order valence-corrected chi connectivity index (χ1v) is 13.5. The van der Waals surface area contributed by atoms with Crippen LogP contribution in [0.25, 0.3) is 0 Å². The van der Waals surface area contributed by atoms with Gasteiger partial charge in [0, 0.05) is 65.1 Å². The summed E-state index contributed by atoms with van der Waals surface area (Å²) in [4.78, 5) is 29.1. The second-order valence-corrected chi connectivity index (χ2v) is 11.5. The third-order valence-corrected chi connectivity index (χ3v) is 8.26. The standard InChI is InChI=1S/C24H38N4O5S/c1-19-14-20(2)17-28(16-19)34(31,32)22-7-4-6-21(15-22)24(30)27-11-9-26(10-12-27)18-23(29)25-8-5-13-33-3/h4,6-7,15,19-20H,5,8-14,16-18H2,1-3H3,(H,25,29). The summed E-state index contributed by atoms with van der Waals surface area (Å²) in [6.07, 6.45) is 1.79. The Labute approximate surface area is 203 Å². The minimum Gasteiger partial charge on any atom is -0.385 e. The molecule has 190 valence electrons. The van der Waals surface area contributed by atoms with E-state index >= 15 is 0 Å². The maximum Gasteiger partial charge on any atom is 0.253 e. The molecule has 1 N–H and O–H groups in total. The number of nitrogens with zero attached hydrogens (tertiary/aromatic N) is 3. The van der Waals surface area contributed by atoms with E-state index in [0.717, 1.165) is 12.8 Å². The highest BCUT2D eigenvalue weighted by atomic mass is 32.2. The maximum atomic E-state index is 13.2. The van der Waals surface area contributed by atoms with Gasteiger partial charge in [0.05, 0.1) is 11.4 Å². The van der Waals surface area contributed by atoms with Crippen molar-refractivity contribution in [2.75, 3.05) is 66.1 Å². The molecule has 2 aliphatic rings. The van der Waals surface area contributed by atoms with Gasteiger partial charge in [0.25, 0.3) is 5.91 Å². The summed E-state index contributed by atoms with van der Waals surface area (Å²) in [6.45, 7) is 8.83. The molecule has 2 amide bonds. The third-order valence-electron chi connectivity index (χ3n) is 6.43. The quantitative estimate of drug-likeness (QED) is 0.519. The van der Waals surface area contributed by atoms with Gasteiger partial charge < -0.3 is 15.0 Å². The van der Waals surface area contributed by atoms with E-state index in [4.69, 9.17) is 4.74 Å². The van der Waals surface area contributed by atoms with Crippen molar-refractivity contribution in [2.45, 2.75) is 31.6 Å². The molecular formula is C24H38N4O5S. The Morgan fingerprint density at radius 1 is 1.09 bits per heavy atom. The smallest absolute Gasteiger partial charge is 0.253 e. The topological polar surface area (TPSA) is 99.3 Å². The highest BCUT2D eigenvalue weighted by molar-refractivity contribution is 7.89. The van der Waals surface area contributed by atoms with Crippen LogP contribution in [0.15, 0.2) is 29.2 Å². The molecule has 2 fully saturated rings. The molecule has 0 aliphatic carbocycles. The van der Waals surface area contributed by atoms with Gasteiger partial charge in [0.2, 0.25) is 15.9 Å². The van der Waals surface area contributed by atoms with Crippen LogP contribution in [-0.4, -0.2) is 100 Å². The van der Waals surface area contributed by atoms with Crippen LogP contribution in [0.3, 0.4) is 0 Å². The van der Waals surface area contributed by atoms with Crippen LogP contribution in [-0.2, 0) is 19.6 Å². The molecule has 10 heteroatoms. The Morgan fingerprint density at radius 3 is 2.41 bits per heavy atom. The molecular weight excluding hydrogens is 456 g/mol. The predicted molar refractivity (Wildman–Crippen MR) is 130 cm³/mol. The van der Waals surface area contributed by atoms with E-state index in [0.29, 0.717) is 76.4 Å². The van der Waals surface area contributed by atoms with Gasteiger partial charge in [-0.05, 0) is 42.9 Å². The predicted octanol–water partition coefficient (Wildman–Crippen LogP) is 1.26. The lowest BCUT2D eigenvalue weighted by atomic mass is 9.94. The number of hydrogen-bond donors (Lipinski definition) is 1.